The van der Waals surface area contributed by atoms with Crippen LogP contribution < -0.4 is 5.32 Å². The lowest BCUT2D eigenvalue weighted by Crippen LogP contribution is -2.24. The van der Waals surface area contributed by atoms with Gasteiger partial charge >= 0.3 is 0 Å². The van der Waals surface area contributed by atoms with E-state index in [1.54, 1.807) is 28.9 Å². The Bertz CT molecular complexity index is 838. The summed E-state index contributed by atoms with van der Waals surface area (Å²) in [5.74, 6) is -1.20. The second kappa shape index (κ2) is 5.35. The van der Waals surface area contributed by atoms with E-state index in [0.29, 0.717) is 17.8 Å². The van der Waals surface area contributed by atoms with Crippen molar-refractivity contribution in [1.29, 1.82) is 0 Å². The van der Waals surface area contributed by atoms with Gasteiger partial charge in [-0.25, -0.2) is 0 Å². The van der Waals surface area contributed by atoms with E-state index in [2.05, 4.69) is 10.4 Å². The molecular weight excluding hydrogens is 296 g/mol. The molecule has 3 rings (SSSR count). The fourth-order valence-corrected chi connectivity index (χ4v) is 2.63. The van der Waals surface area contributed by atoms with Crippen molar-refractivity contribution < 1.29 is 14.4 Å². The van der Waals surface area contributed by atoms with Crippen LogP contribution in [0.4, 0.5) is 5.69 Å². The SMILES string of the molecule is CCn1nc(C(=O)Nc2cccc3c2C(=O)N(C)C3=O)cc1C. The quantitative estimate of drug-likeness (QED) is 0.874. The molecule has 1 aromatic heterocycles. The summed E-state index contributed by atoms with van der Waals surface area (Å²) in [6, 6.07) is 6.49. The van der Waals surface area contributed by atoms with Gasteiger partial charge in [0.2, 0.25) is 0 Å². The van der Waals surface area contributed by atoms with Gasteiger partial charge in [-0.2, -0.15) is 5.10 Å². The standard InChI is InChI=1S/C16H16N4O3/c1-4-20-9(2)8-12(18-20)14(21)17-11-7-5-6-10-13(11)16(23)19(3)15(10)22/h5-8H,4H2,1-3H3,(H,17,21). The molecule has 1 aliphatic heterocycles. The predicted octanol–water partition coefficient (Wildman–Crippen LogP) is 1.69. The van der Waals surface area contributed by atoms with Crippen LogP contribution in [0.15, 0.2) is 24.3 Å². The zero-order valence-corrected chi connectivity index (χ0v) is 13.1. The molecule has 1 aliphatic rings. The third kappa shape index (κ3) is 2.30. The molecule has 0 spiro atoms. The first kappa shape index (κ1) is 15.0. The second-order valence-electron chi connectivity index (χ2n) is 5.34. The van der Waals surface area contributed by atoms with E-state index in [-0.39, 0.29) is 17.2 Å². The molecular formula is C16H16N4O3. The van der Waals surface area contributed by atoms with Crippen LogP contribution in [-0.4, -0.2) is 39.4 Å². The van der Waals surface area contributed by atoms with Crippen molar-refractivity contribution in [3.05, 3.63) is 46.8 Å². The molecule has 118 valence electrons. The van der Waals surface area contributed by atoms with E-state index in [1.165, 1.54) is 7.05 Å². The molecule has 0 aliphatic carbocycles. The fourth-order valence-electron chi connectivity index (χ4n) is 2.63. The molecule has 0 radical (unpaired) electrons. The summed E-state index contributed by atoms with van der Waals surface area (Å²) in [4.78, 5) is 37.6. The molecule has 0 unspecified atom stereocenters. The van der Waals surface area contributed by atoms with Crippen molar-refractivity contribution in [2.45, 2.75) is 20.4 Å². The van der Waals surface area contributed by atoms with Crippen LogP contribution in [0.2, 0.25) is 0 Å². The minimum Gasteiger partial charge on any atom is -0.320 e. The van der Waals surface area contributed by atoms with E-state index in [9.17, 15) is 14.4 Å². The maximum atomic E-state index is 12.4. The number of anilines is 1. The highest BCUT2D eigenvalue weighted by Crippen LogP contribution is 2.28. The molecule has 23 heavy (non-hydrogen) atoms. The highest BCUT2D eigenvalue weighted by atomic mass is 16.2. The molecule has 0 bridgehead atoms. The number of hydrogen-bond donors (Lipinski definition) is 1. The zero-order chi connectivity index (χ0) is 16.7. The first-order chi connectivity index (χ1) is 10.9. The number of carbonyl (C=O) groups excluding carboxylic acids is 3. The van der Waals surface area contributed by atoms with Gasteiger partial charge in [0.1, 0.15) is 0 Å². The Kier molecular flexibility index (Phi) is 3.48. The smallest absolute Gasteiger partial charge is 0.276 e. The summed E-state index contributed by atoms with van der Waals surface area (Å²) in [7, 11) is 1.42. The lowest BCUT2D eigenvalue weighted by atomic mass is 10.1. The minimum absolute atomic E-state index is 0.222. The van der Waals surface area contributed by atoms with Gasteiger partial charge in [-0.3, -0.25) is 24.0 Å². The summed E-state index contributed by atoms with van der Waals surface area (Å²) in [6.45, 7) is 4.47. The van der Waals surface area contributed by atoms with Crippen molar-refractivity contribution in [1.82, 2.24) is 14.7 Å². The number of carbonyl (C=O) groups is 3. The Balaban J connectivity index is 1.94. The highest BCUT2D eigenvalue weighted by molar-refractivity contribution is 6.24. The van der Waals surface area contributed by atoms with Crippen LogP contribution in [0.3, 0.4) is 0 Å². The largest absolute Gasteiger partial charge is 0.320 e. The molecule has 3 amide bonds. The minimum atomic E-state index is -0.420. The van der Waals surface area contributed by atoms with Gasteiger partial charge in [0.15, 0.2) is 5.69 Å². The Morgan fingerprint density at radius 2 is 2.00 bits per heavy atom. The summed E-state index contributed by atoms with van der Waals surface area (Å²) in [5, 5.41) is 6.89. The molecule has 0 saturated heterocycles. The lowest BCUT2D eigenvalue weighted by Gasteiger charge is -2.07. The Morgan fingerprint density at radius 3 is 2.65 bits per heavy atom. The number of nitrogens with zero attached hydrogens (tertiary/aromatic N) is 3. The monoisotopic (exact) mass is 312 g/mol. The second-order valence-corrected chi connectivity index (χ2v) is 5.34. The molecule has 1 aromatic carbocycles. The van der Waals surface area contributed by atoms with Crippen molar-refractivity contribution in [2.75, 3.05) is 12.4 Å². The first-order valence-corrected chi connectivity index (χ1v) is 7.25. The van der Waals surface area contributed by atoms with Crippen molar-refractivity contribution in [3.8, 4) is 0 Å². The van der Waals surface area contributed by atoms with Crippen LogP contribution in [-0.2, 0) is 6.54 Å². The number of nitrogens with one attached hydrogen (secondary N) is 1. The van der Waals surface area contributed by atoms with Gasteiger partial charge in [0.25, 0.3) is 17.7 Å². The van der Waals surface area contributed by atoms with Gasteiger partial charge in [0, 0.05) is 19.3 Å². The van der Waals surface area contributed by atoms with Crippen LogP contribution in [0, 0.1) is 6.92 Å². The highest BCUT2D eigenvalue weighted by Gasteiger charge is 2.35. The molecule has 0 saturated carbocycles. The van der Waals surface area contributed by atoms with E-state index in [4.69, 9.17) is 0 Å². The van der Waals surface area contributed by atoms with Crippen LogP contribution in [0.5, 0.6) is 0 Å². The molecule has 7 nitrogen and oxygen atoms in total. The molecule has 0 atom stereocenters. The maximum Gasteiger partial charge on any atom is 0.276 e. The zero-order valence-electron chi connectivity index (χ0n) is 13.1. The van der Waals surface area contributed by atoms with E-state index in [0.717, 1.165) is 10.6 Å². The molecule has 0 fully saturated rings. The predicted molar refractivity (Wildman–Crippen MR) is 83.5 cm³/mol. The average Bonchev–Trinajstić information content (AvgIpc) is 3.02. The topological polar surface area (TPSA) is 84.3 Å². The molecule has 1 N–H and O–H groups in total. The number of aryl methyl sites for hydroxylation is 2. The van der Waals surface area contributed by atoms with Gasteiger partial charge < -0.3 is 5.32 Å². The molecule has 2 heterocycles. The summed E-state index contributed by atoms with van der Waals surface area (Å²) in [6.07, 6.45) is 0. The normalized spacial score (nSPS) is 13.4. The fraction of sp³-hybridized carbons (Fsp3) is 0.250. The van der Waals surface area contributed by atoms with E-state index < -0.39 is 11.8 Å². The van der Waals surface area contributed by atoms with Crippen molar-refractivity contribution >= 4 is 23.4 Å². The number of amides is 3. The number of hydrogen-bond acceptors (Lipinski definition) is 4. The van der Waals surface area contributed by atoms with Gasteiger partial charge in [-0.05, 0) is 32.0 Å². The van der Waals surface area contributed by atoms with E-state index in [1.807, 2.05) is 13.8 Å². The molecule has 2 aromatic rings. The van der Waals surface area contributed by atoms with Crippen molar-refractivity contribution in [2.24, 2.45) is 0 Å². The van der Waals surface area contributed by atoms with Gasteiger partial charge in [0.05, 0.1) is 16.8 Å². The Morgan fingerprint density at radius 1 is 1.26 bits per heavy atom. The van der Waals surface area contributed by atoms with Crippen LogP contribution >= 0.6 is 0 Å². The third-order valence-electron chi connectivity index (χ3n) is 3.88. The summed E-state index contributed by atoms with van der Waals surface area (Å²) >= 11 is 0. The average molecular weight is 312 g/mol. The van der Waals surface area contributed by atoms with Crippen molar-refractivity contribution in [3.63, 3.8) is 0 Å². The van der Waals surface area contributed by atoms with Crippen LogP contribution in [0.1, 0.15) is 43.8 Å². The third-order valence-corrected chi connectivity index (χ3v) is 3.88. The first-order valence-electron chi connectivity index (χ1n) is 7.25. The number of aromatic nitrogens is 2. The number of benzene rings is 1. The number of imide groups is 1. The Hall–Kier alpha value is -2.96. The number of rotatable bonds is 3. The molecule has 7 heteroatoms. The van der Waals surface area contributed by atoms with Gasteiger partial charge in [-0.15, -0.1) is 0 Å². The summed E-state index contributed by atoms with van der Waals surface area (Å²) in [5.41, 5.74) is 1.98. The van der Waals surface area contributed by atoms with Gasteiger partial charge in [-0.1, -0.05) is 6.07 Å². The van der Waals surface area contributed by atoms with Crippen LogP contribution in [0.25, 0.3) is 0 Å². The lowest BCUT2D eigenvalue weighted by molar-refractivity contribution is 0.0693. The van der Waals surface area contributed by atoms with E-state index >= 15 is 0 Å². The Labute approximate surface area is 132 Å². The maximum absolute atomic E-state index is 12.4. The number of fused-ring (bicyclic) bond motifs is 1. The summed E-state index contributed by atoms with van der Waals surface area (Å²) < 4.78 is 1.72.